The Balaban J connectivity index is 2.29. The Morgan fingerprint density at radius 1 is 1.07 bits per heavy atom. The van der Waals surface area contributed by atoms with Crippen LogP contribution in [-0.2, 0) is 19.1 Å². The van der Waals surface area contributed by atoms with Gasteiger partial charge < -0.3 is 9.47 Å². The summed E-state index contributed by atoms with van der Waals surface area (Å²) in [7, 11) is 0. The van der Waals surface area contributed by atoms with E-state index in [0.717, 1.165) is 37.8 Å². The molecule has 0 amide bonds. The molecular formula is C11H16O4. The van der Waals surface area contributed by atoms with E-state index in [0.29, 0.717) is 6.42 Å². The van der Waals surface area contributed by atoms with Crippen molar-refractivity contribution < 1.29 is 19.1 Å². The van der Waals surface area contributed by atoms with Gasteiger partial charge in [-0.25, -0.2) is 9.59 Å². The Morgan fingerprint density at radius 2 is 1.67 bits per heavy atom. The van der Waals surface area contributed by atoms with Crippen LogP contribution in [0.2, 0.25) is 0 Å². The summed E-state index contributed by atoms with van der Waals surface area (Å²) in [6.07, 6.45) is 6.31. The highest BCUT2D eigenvalue weighted by atomic mass is 16.7. The van der Waals surface area contributed by atoms with Crippen LogP contribution in [0.1, 0.15) is 39.0 Å². The van der Waals surface area contributed by atoms with Gasteiger partial charge in [-0.15, -0.1) is 0 Å². The average Bonchev–Trinajstić information content (AvgIpc) is 2.36. The average molecular weight is 212 g/mol. The van der Waals surface area contributed by atoms with Crippen molar-refractivity contribution in [2.24, 2.45) is 0 Å². The summed E-state index contributed by atoms with van der Waals surface area (Å²) in [6.45, 7) is 2.12. The zero-order chi connectivity index (χ0) is 11.1. The van der Waals surface area contributed by atoms with E-state index in [1.54, 1.807) is 0 Å². The minimum Gasteiger partial charge on any atom is -0.422 e. The van der Waals surface area contributed by atoms with Gasteiger partial charge in [0.2, 0.25) is 6.29 Å². The van der Waals surface area contributed by atoms with Gasteiger partial charge >= 0.3 is 11.9 Å². The number of unbranched alkanes of at least 4 members (excludes halogenated alkanes) is 3. The second-order valence-corrected chi connectivity index (χ2v) is 3.49. The van der Waals surface area contributed by atoms with Crippen LogP contribution in [0.5, 0.6) is 0 Å². The molecule has 0 fully saturated rings. The number of hydrogen-bond acceptors (Lipinski definition) is 4. The summed E-state index contributed by atoms with van der Waals surface area (Å²) in [6, 6.07) is 0. The fraction of sp³-hybridized carbons (Fsp3) is 0.636. The van der Waals surface area contributed by atoms with Crippen molar-refractivity contribution in [3.63, 3.8) is 0 Å². The topological polar surface area (TPSA) is 52.6 Å². The fourth-order valence-corrected chi connectivity index (χ4v) is 1.35. The van der Waals surface area contributed by atoms with Crippen LogP contribution in [0, 0.1) is 0 Å². The SMILES string of the molecule is CCCCCCC1OC(=O)C=CC(=O)O1. The van der Waals surface area contributed by atoms with Crippen molar-refractivity contribution >= 4 is 11.9 Å². The Kier molecular flexibility index (Phi) is 4.87. The Bertz CT molecular complexity index is 237. The molecule has 0 unspecified atom stereocenters. The van der Waals surface area contributed by atoms with E-state index in [2.05, 4.69) is 6.92 Å². The van der Waals surface area contributed by atoms with Crippen LogP contribution < -0.4 is 0 Å². The molecule has 0 radical (unpaired) electrons. The quantitative estimate of drug-likeness (QED) is 0.516. The molecule has 1 heterocycles. The highest BCUT2D eigenvalue weighted by Crippen LogP contribution is 2.12. The lowest BCUT2D eigenvalue weighted by Crippen LogP contribution is -2.20. The first-order valence-corrected chi connectivity index (χ1v) is 5.31. The Hall–Kier alpha value is -1.32. The van der Waals surface area contributed by atoms with Gasteiger partial charge in [0.05, 0.1) is 0 Å². The summed E-state index contributed by atoms with van der Waals surface area (Å²) in [4.78, 5) is 22.0. The molecule has 0 spiro atoms. The zero-order valence-corrected chi connectivity index (χ0v) is 8.90. The van der Waals surface area contributed by atoms with Gasteiger partial charge in [-0.3, -0.25) is 0 Å². The first-order valence-electron chi connectivity index (χ1n) is 5.31. The molecule has 1 aliphatic rings. The van der Waals surface area contributed by atoms with Crippen LogP contribution in [0.25, 0.3) is 0 Å². The highest BCUT2D eigenvalue weighted by molar-refractivity contribution is 5.92. The maximum absolute atomic E-state index is 11.0. The van der Waals surface area contributed by atoms with E-state index in [4.69, 9.17) is 9.47 Å². The molecule has 0 bridgehead atoms. The van der Waals surface area contributed by atoms with Gasteiger partial charge in [0.1, 0.15) is 0 Å². The van der Waals surface area contributed by atoms with E-state index in [1.165, 1.54) is 0 Å². The van der Waals surface area contributed by atoms with Crippen LogP contribution in [-0.4, -0.2) is 18.2 Å². The van der Waals surface area contributed by atoms with Crippen LogP contribution in [0.3, 0.4) is 0 Å². The van der Waals surface area contributed by atoms with Crippen molar-refractivity contribution in [2.75, 3.05) is 0 Å². The van der Waals surface area contributed by atoms with Crippen molar-refractivity contribution in [3.8, 4) is 0 Å². The third-order valence-electron chi connectivity index (χ3n) is 2.14. The highest BCUT2D eigenvalue weighted by Gasteiger charge is 2.19. The third-order valence-corrected chi connectivity index (χ3v) is 2.14. The van der Waals surface area contributed by atoms with E-state index in [-0.39, 0.29) is 0 Å². The van der Waals surface area contributed by atoms with E-state index < -0.39 is 18.2 Å². The molecule has 4 heteroatoms. The second kappa shape index (κ2) is 6.22. The normalized spacial score (nSPS) is 17.1. The predicted molar refractivity (Wildman–Crippen MR) is 53.9 cm³/mol. The molecule has 84 valence electrons. The molecule has 0 atom stereocenters. The van der Waals surface area contributed by atoms with Crippen molar-refractivity contribution in [1.29, 1.82) is 0 Å². The van der Waals surface area contributed by atoms with Crippen LogP contribution in [0.4, 0.5) is 0 Å². The third kappa shape index (κ3) is 4.63. The molecule has 0 aromatic rings. The molecule has 0 aromatic carbocycles. The van der Waals surface area contributed by atoms with Gasteiger partial charge in [-0.05, 0) is 6.42 Å². The monoisotopic (exact) mass is 212 g/mol. The van der Waals surface area contributed by atoms with E-state index in [9.17, 15) is 9.59 Å². The Labute approximate surface area is 89.2 Å². The Morgan fingerprint density at radius 3 is 2.20 bits per heavy atom. The van der Waals surface area contributed by atoms with Gasteiger partial charge in [0.25, 0.3) is 0 Å². The van der Waals surface area contributed by atoms with E-state index in [1.807, 2.05) is 0 Å². The maximum Gasteiger partial charge on any atom is 0.334 e. The number of cyclic esters (lactones) is 2. The summed E-state index contributed by atoms with van der Waals surface area (Å²) >= 11 is 0. The second-order valence-electron chi connectivity index (χ2n) is 3.49. The van der Waals surface area contributed by atoms with Gasteiger partial charge in [-0.2, -0.15) is 0 Å². The molecule has 0 N–H and O–H groups in total. The number of esters is 2. The largest absolute Gasteiger partial charge is 0.422 e. The van der Waals surface area contributed by atoms with Crippen LogP contribution >= 0.6 is 0 Å². The lowest BCUT2D eigenvalue weighted by molar-refractivity contribution is -0.179. The lowest BCUT2D eigenvalue weighted by Gasteiger charge is -2.14. The molecule has 0 aromatic heterocycles. The van der Waals surface area contributed by atoms with Gasteiger partial charge in [0, 0.05) is 18.6 Å². The maximum atomic E-state index is 11.0. The molecule has 15 heavy (non-hydrogen) atoms. The predicted octanol–water partition coefficient (Wildman–Crippen LogP) is 1.94. The number of carbonyl (C=O) groups is 2. The molecule has 0 aliphatic carbocycles. The minimum absolute atomic E-state index is 0.513. The summed E-state index contributed by atoms with van der Waals surface area (Å²) in [5.41, 5.74) is 0. The van der Waals surface area contributed by atoms with Crippen LogP contribution in [0.15, 0.2) is 12.2 Å². The minimum atomic E-state index is -0.711. The zero-order valence-electron chi connectivity index (χ0n) is 8.90. The van der Waals surface area contributed by atoms with E-state index >= 15 is 0 Å². The molecular weight excluding hydrogens is 196 g/mol. The molecule has 1 aliphatic heterocycles. The molecule has 4 nitrogen and oxygen atoms in total. The van der Waals surface area contributed by atoms with Crippen molar-refractivity contribution in [2.45, 2.75) is 45.3 Å². The first kappa shape index (κ1) is 11.8. The standard InChI is InChI=1S/C11H16O4/c1-2-3-4-5-6-11-14-9(12)7-8-10(13)15-11/h7-8,11H,2-6H2,1H3. The number of carbonyl (C=O) groups excluding carboxylic acids is 2. The number of hydrogen-bond donors (Lipinski definition) is 0. The number of ether oxygens (including phenoxy) is 2. The first-order chi connectivity index (χ1) is 7.22. The lowest BCUT2D eigenvalue weighted by atomic mass is 10.1. The van der Waals surface area contributed by atoms with Gasteiger partial charge in [0.15, 0.2) is 0 Å². The molecule has 0 saturated carbocycles. The smallest absolute Gasteiger partial charge is 0.334 e. The molecule has 0 saturated heterocycles. The summed E-state index contributed by atoms with van der Waals surface area (Å²) in [5, 5.41) is 0. The molecule has 1 rings (SSSR count). The van der Waals surface area contributed by atoms with Gasteiger partial charge in [-0.1, -0.05) is 26.2 Å². The summed E-state index contributed by atoms with van der Waals surface area (Å²) in [5.74, 6) is -1.03. The summed E-state index contributed by atoms with van der Waals surface area (Å²) < 4.78 is 9.79. The fourth-order valence-electron chi connectivity index (χ4n) is 1.35. The van der Waals surface area contributed by atoms with Crippen molar-refractivity contribution in [1.82, 2.24) is 0 Å². The van der Waals surface area contributed by atoms with Crippen molar-refractivity contribution in [3.05, 3.63) is 12.2 Å². The number of rotatable bonds is 5.